The van der Waals surface area contributed by atoms with Gasteiger partial charge in [-0.05, 0) is 25.5 Å². The van der Waals surface area contributed by atoms with Crippen molar-refractivity contribution in [3.63, 3.8) is 0 Å². The smallest absolute Gasteiger partial charge is 0.368 e. The predicted octanol–water partition coefficient (Wildman–Crippen LogP) is 3.29. The predicted molar refractivity (Wildman–Crippen MR) is 102 cm³/mol. The highest BCUT2D eigenvalue weighted by atomic mass is 32.1. The zero-order valence-electron chi connectivity index (χ0n) is 15.2. The molecule has 3 N–H and O–H groups in total. The van der Waals surface area contributed by atoms with Gasteiger partial charge in [0.1, 0.15) is 10.8 Å². The highest BCUT2D eigenvalue weighted by Gasteiger charge is 2.33. The molecule has 0 saturated carbocycles. The number of anilines is 1. The molecule has 27 heavy (non-hydrogen) atoms. The van der Waals surface area contributed by atoms with Gasteiger partial charge in [-0.2, -0.15) is 13.2 Å². The highest BCUT2D eigenvalue weighted by molar-refractivity contribution is 7.11. The molecule has 0 aromatic carbocycles. The summed E-state index contributed by atoms with van der Waals surface area (Å²) < 4.78 is 38.8. The third kappa shape index (κ3) is 6.70. The van der Waals surface area contributed by atoms with Crippen LogP contribution in [0.25, 0.3) is 0 Å². The molecule has 2 aromatic heterocycles. The van der Waals surface area contributed by atoms with Crippen molar-refractivity contribution < 1.29 is 13.2 Å². The van der Waals surface area contributed by atoms with E-state index < -0.39 is 11.7 Å². The van der Waals surface area contributed by atoms with Crippen molar-refractivity contribution in [1.82, 2.24) is 20.6 Å². The first-order chi connectivity index (χ1) is 12.9. The van der Waals surface area contributed by atoms with Gasteiger partial charge in [0.25, 0.3) is 0 Å². The lowest BCUT2D eigenvalue weighted by Gasteiger charge is -2.14. The number of aliphatic imine (C=N–C) groups is 1. The Labute approximate surface area is 160 Å². The van der Waals surface area contributed by atoms with Crippen LogP contribution in [0, 0.1) is 0 Å². The maximum Gasteiger partial charge on any atom is 0.419 e. The molecule has 0 spiro atoms. The van der Waals surface area contributed by atoms with Crippen molar-refractivity contribution in [2.45, 2.75) is 33.0 Å². The summed E-state index contributed by atoms with van der Waals surface area (Å²) >= 11 is 1.62. The van der Waals surface area contributed by atoms with E-state index in [0.29, 0.717) is 25.6 Å². The maximum atomic E-state index is 12.9. The fourth-order valence-corrected chi connectivity index (χ4v) is 3.00. The number of thiazole rings is 1. The quantitative estimate of drug-likeness (QED) is 0.360. The Bertz CT molecular complexity index is 744. The van der Waals surface area contributed by atoms with E-state index in [-0.39, 0.29) is 12.4 Å². The van der Waals surface area contributed by atoms with Crippen LogP contribution in [0.5, 0.6) is 0 Å². The SMILES string of the molecule is CCNC(=NCc1ncc(CC)s1)NCCNc1ncccc1C(F)(F)F. The lowest BCUT2D eigenvalue weighted by molar-refractivity contribution is -0.137. The normalized spacial score (nSPS) is 12.1. The van der Waals surface area contributed by atoms with Crippen LogP contribution in [-0.4, -0.2) is 35.6 Å². The van der Waals surface area contributed by atoms with Crippen LogP contribution in [-0.2, 0) is 19.1 Å². The number of nitrogens with zero attached hydrogens (tertiary/aromatic N) is 3. The Morgan fingerprint density at radius 2 is 2.00 bits per heavy atom. The number of alkyl halides is 3. The van der Waals surface area contributed by atoms with Crippen LogP contribution in [0.3, 0.4) is 0 Å². The van der Waals surface area contributed by atoms with Crippen molar-refractivity contribution in [3.05, 3.63) is 40.0 Å². The van der Waals surface area contributed by atoms with Gasteiger partial charge in [0.05, 0.1) is 12.1 Å². The minimum atomic E-state index is -4.44. The van der Waals surface area contributed by atoms with Crippen molar-refractivity contribution >= 4 is 23.1 Å². The van der Waals surface area contributed by atoms with E-state index in [9.17, 15) is 13.2 Å². The molecule has 0 fully saturated rings. The second-order valence-corrected chi connectivity index (χ2v) is 6.72. The number of nitrogens with one attached hydrogen (secondary N) is 3. The first-order valence-corrected chi connectivity index (χ1v) is 9.47. The monoisotopic (exact) mass is 400 g/mol. The van der Waals surface area contributed by atoms with E-state index in [1.165, 1.54) is 17.1 Å². The van der Waals surface area contributed by atoms with Crippen LogP contribution >= 0.6 is 11.3 Å². The van der Waals surface area contributed by atoms with Crippen molar-refractivity contribution in [3.8, 4) is 0 Å². The average molecular weight is 400 g/mol. The summed E-state index contributed by atoms with van der Waals surface area (Å²) in [6.45, 7) is 5.80. The van der Waals surface area contributed by atoms with Crippen LogP contribution in [0.1, 0.15) is 29.3 Å². The molecule has 0 amide bonds. The van der Waals surface area contributed by atoms with Gasteiger partial charge in [-0.15, -0.1) is 11.3 Å². The Morgan fingerprint density at radius 1 is 1.19 bits per heavy atom. The molecule has 0 saturated heterocycles. The molecule has 2 rings (SSSR count). The Hall–Kier alpha value is -2.36. The van der Waals surface area contributed by atoms with E-state index >= 15 is 0 Å². The lowest BCUT2D eigenvalue weighted by atomic mass is 10.2. The highest BCUT2D eigenvalue weighted by Crippen LogP contribution is 2.33. The largest absolute Gasteiger partial charge is 0.419 e. The van der Waals surface area contributed by atoms with E-state index in [0.717, 1.165) is 17.5 Å². The molecule has 10 heteroatoms. The lowest BCUT2D eigenvalue weighted by Crippen LogP contribution is -2.39. The number of aryl methyl sites for hydroxylation is 1. The summed E-state index contributed by atoms with van der Waals surface area (Å²) in [7, 11) is 0. The molecule has 0 bridgehead atoms. The second kappa shape index (κ2) is 10.1. The summed E-state index contributed by atoms with van der Waals surface area (Å²) in [6.07, 6.45) is -0.315. The third-order valence-corrected chi connectivity index (χ3v) is 4.62. The van der Waals surface area contributed by atoms with Crippen LogP contribution in [0.4, 0.5) is 19.0 Å². The van der Waals surface area contributed by atoms with E-state index in [2.05, 4.69) is 37.8 Å². The van der Waals surface area contributed by atoms with Crippen molar-refractivity contribution in [2.75, 3.05) is 25.0 Å². The Morgan fingerprint density at radius 3 is 2.67 bits per heavy atom. The minimum Gasteiger partial charge on any atom is -0.368 e. The summed E-state index contributed by atoms with van der Waals surface area (Å²) in [4.78, 5) is 13.7. The second-order valence-electron chi connectivity index (χ2n) is 5.52. The fraction of sp³-hybridized carbons (Fsp3) is 0.471. The van der Waals surface area contributed by atoms with Crippen molar-refractivity contribution in [2.24, 2.45) is 4.99 Å². The first-order valence-electron chi connectivity index (χ1n) is 8.65. The van der Waals surface area contributed by atoms with Crippen LogP contribution < -0.4 is 16.0 Å². The zero-order chi connectivity index (χ0) is 19.7. The molecule has 0 aliphatic rings. The Balaban J connectivity index is 1.87. The van der Waals surface area contributed by atoms with Gasteiger partial charge in [0.2, 0.25) is 0 Å². The molecule has 148 valence electrons. The molecule has 2 aromatic rings. The molecule has 0 radical (unpaired) electrons. The maximum absolute atomic E-state index is 12.9. The zero-order valence-corrected chi connectivity index (χ0v) is 16.0. The van der Waals surface area contributed by atoms with E-state index in [1.54, 1.807) is 11.3 Å². The van der Waals surface area contributed by atoms with Gasteiger partial charge < -0.3 is 16.0 Å². The summed E-state index contributed by atoms with van der Waals surface area (Å²) in [5.41, 5.74) is -0.777. The number of rotatable bonds is 8. The topological polar surface area (TPSA) is 74.2 Å². The molecule has 0 aliphatic carbocycles. The Kier molecular flexibility index (Phi) is 7.83. The molecular weight excluding hydrogens is 377 g/mol. The third-order valence-electron chi connectivity index (χ3n) is 3.49. The molecular formula is C17H23F3N6S. The summed E-state index contributed by atoms with van der Waals surface area (Å²) in [6, 6.07) is 2.28. The molecule has 0 aliphatic heterocycles. The van der Waals surface area contributed by atoms with E-state index in [4.69, 9.17) is 0 Å². The number of halogens is 3. The molecule has 6 nitrogen and oxygen atoms in total. The minimum absolute atomic E-state index is 0.177. The van der Waals surface area contributed by atoms with Gasteiger partial charge in [0.15, 0.2) is 5.96 Å². The number of hydrogen-bond acceptors (Lipinski definition) is 5. The average Bonchev–Trinajstić information content (AvgIpc) is 3.10. The molecule has 0 unspecified atom stereocenters. The van der Waals surface area contributed by atoms with Gasteiger partial charge in [-0.1, -0.05) is 6.92 Å². The first kappa shape index (κ1) is 20.9. The summed E-state index contributed by atoms with van der Waals surface area (Å²) in [5, 5.41) is 9.82. The molecule has 2 heterocycles. The van der Waals surface area contributed by atoms with Gasteiger partial charge in [-0.25, -0.2) is 15.0 Å². The van der Waals surface area contributed by atoms with Gasteiger partial charge in [-0.3, -0.25) is 0 Å². The number of hydrogen-bond donors (Lipinski definition) is 3. The van der Waals surface area contributed by atoms with Crippen LogP contribution in [0.2, 0.25) is 0 Å². The number of guanidine groups is 1. The van der Waals surface area contributed by atoms with E-state index in [1.807, 2.05) is 13.1 Å². The number of pyridine rings is 1. The van der Waals surface area contributed by atoms with Gasteiger partial charge in [0, 0.05) is 36.9 Å². The molecule has 0 atom stereocenters. The van der Waals surface area contributed by atoms with Crippen LogP contribution in [0.15, 0.2) is 29.5 Å². The standard InChI is InChI=1S/C17H23F3N6S/c1-3-12-10-25-14(27-12)11-26-16(21-4-2)24-9-8-23-15-13(17(18,19)20)6-5-7-22-15/h5-7,10H,3-4,8-9,11H2,1-2H3,(H,22,23)(H2,21,24,26). The van der Waals surface area contributed by atoms with Gasteiger partial charge >= 0.3 is 6.18 Å². The van der Waals surface area contributed by atoms with Crippen molar-refractivity contribution in [1.29, 1.82) is 0 Å². The number of aromatic nitrogens is 2. The fourth-order valence-electron chi connectivity index (χ4n) is 2.21. The summed E-state index contributed by atoms with van der Waals surface area (Å²) in [5.74, 6) is 0.410.